The van der Waals surface area contributed by atoms with E-state index in [0.717, 1.165) is 6.54 Å². The van der Waals surface area contributed by atoms with E-state index in [-0.39, 0.29) is 0 Å². The quantitative estimate of drug-likeness (QED) is 0.873. The smallest absolute Gasteiger partial charge is 0.0379 e. The fourth-order valence-electron chi connectivity index (χ4n) is 3.50. The van der Waals surface area contributed by atoms with Gasteiger partial charge >= 0.3 is 0 Å². The largest absolute Gasteiger partial charge is 0.384 e. The summed E-state index contributed by atoms with van der Waals surface area (Å²) in [5.41, 5.74) is 5.00. The summed E-state index contributed by atoms with van der Waals surface area (Å²) in [5, 5.41) is 3.57. The molecule has 0 atom stereocenters. The molecule has 1 aromatic rings. The first kappa shape index (κ1) is 11.7. The van der Waals surface area contributed by atoms with Crippen molar-refractivity contribution in [2.24, 2.45) is 0 Å². The molecule has 0 unspecified atom stereocenters. The predicted molar refractivity (Wildman–Crippen MR) is 78.6 cm³/mol. The van der Waals surface area contributed by atoms with Crippen molar-refractivity contribution in [3.05, 3.63) is 29.3 Å². The van der Waals surface area contributed by atoms with Gasteiger partial charge in [-0.1, -0.05) is 12.1 Å². The Morgan fingerprint density at radius 2 is 1.95 bits per heavy atom. The molecule has 2 fully saturated rings. The maximum atomic E-state index is 3.57. The summed E-state index contributed by atoms with van der Waals surface area (Å²) in [7, 11) is 2.22. The third kappa shape index (κ3) is 2.05. The molecule has 1 aromatic carbocycles. The Morgan fingerprint density at radius 1 is 1.16 bits per heavy atom. The lowest BCUT2D eigenvalue weighted by Crippen LogP contribution is -2.43. The molecule has 1 aliphatic carbocycles. The van der Waals surface area contributed by atoms with Gasteiger partial charge in [0.15, 0.2) is 0 Å². The second-order valence-electron chi connectivity index (χ2n) is 6.59. The Bertz CT molecular complexity index is 485. The minimum atomic E-state index is 0.521. The van der Waals surface area contributed by atoms with Gasteiger partial charge in [-0.05, 0) is 37.1 Å². The Balaban J connectivity index is 1.50. The molecule has 3 aliphatic rings. The van der Waals surface area contributed by atoms with Crippen molar-refractivity contribution in [2.75, 3.05) is 45.1 Å². The molecule has 0 amide bonds. The zero-order valence-corrected chi connectivity index (χ0v) is 11.8. The van der Waals surface area contributed by atoms with E-state index in [1.54, 1.807) is 5.56 Å². The Labute approximate surface area is 115 Å². The molecule has 3 heteroatoms. The van der Waals surface area contributed by atoms with Gasteiger partial charge in [-0.15, -0.1) is 0 Å². The van der Waals surface area contributed by atoms with E-state index < -0.39 is 0 Å². The first-order valence-corrected chi connectivity index (χ1v) is 7.53. The molecule has 0 aromatic heterocycles. The summed E-state index contributed by atoms with van der Waals surface area (Å²) in [5.74, 6) is 0. The monoisotopic (exact) mass is 257 g/mol. The molecule has 1 saturated heterocycles. The number of nitrogens with zero attached hydrogens (tertiary/aromatic N) is 2. The van der Waals surface area contributed by atoms with Gasteiger partial charge in [0.2, 0.25) is 0 Å². The van der Waals surface area contributed by atoms with Crippen LogP contribution in [0.5, 0.6) is 0 Å². The van der Waals surface area contributed by atoms with Crippen molar-refractivity contribution in [3.63, 3.8) is 0 Å². The molecule has 1 saturated carbocycles. The van der Waals surface area contributed by atoms with Gasteiger partial charge < -0.3 is 10.2 Å². The van der Waals surface area contributed by atoms with Crippen LogP contribution in [0.3, 0.4) is 0 Å². The van der Waals surface area contributed by atoms with Crippen molar-refractivity contribution in [1.82, 2.24) is 9.80 Å². The van der Waals surface area contributed by atoms with E-state index in [9.17, 15) is 0 Å². The summed E-state index contributed by atoms with van der Waals surface area (Å²) >= 11 is 0. The number of benzene rings is 1. The van der Waals surface area contributed by atoms with Crippen LogP contribution in [0.4, 0.5) is 5.69 Å². The molecule has 0 bridgehead atoms. The lowest BCUT2D eigenvalue weighted by atomic mass is 9.96. The highest BCUT2D eigenvalue weighted by Gasteiger charge is 2.48. The lowest BCUT2D eigenvalue weighted by molar-refractivity contribution is 0.148. The Kier molecular flexibility index (Phi) is 2.61. The zero-order valence-electron chi connectivity index (χ0n) is 11.8. The number of hydrogen-bond acceptors (Lipinski definition) is 3. The summed E-state index contributed by atoms with van der Waals surface area (Å²) in [6.45, 7) is 7.11. The number of likely N-dealkylation sites (N-methyl/N-ethyl adjacent to an activating group) is 1. The lowest BCUT2D eigenvalue weighted by Gasteiger charge is -2.32. The second kappa shape index (κ2) is 4.22. The zero-order chi connectivity index (χ0) is 12.9. The predicted octanol–water partition coefficient (Wildman–Crippen LogP) is 1.89. The maximum Gasteiger partial charge on any atom is 0.0379 e. The molecule has 0 radical (unpaired) electrons. The molecule has 1 spiro atoms. The van der Waals surface area contributed by atoms with E-state index in [4.69, 9.17) is 0 Å². The first-order valence-electron chi connectivity index (χ1n) is 7.53. The number of fused-ring (bicyclic) bond motifs is 2. The fraction of sp³-hybridized carbons (Fsp3) is 0.625. The molecule has 1 N–H and O–H groups in total. The molecule has 4 rings (SSSR count). The van der Waals surface area contributed by atoms with Crippen LogP contribution < -0.4 is 5.32 Å². The van der Waals surface area contributed by atoms with Crippen LogP contribution in [0.25, 0.3) is 0 Å². The molecule has 2 aliphatic heterocycles. The van der Waals surface area contributed by atoms with E-state index in [1.165, 1.54) is 56.8 Å². The normalized spacial score (nSPS) is 25.3. The highest BCUT2D eigenvalue weighted by molar-refractivity contribution is 5.63. The van der Waals surface area contributed by atoms with Gasteiger partial charge in [-0.25, -0.2) is 0 Å². The van der Waals surface area contributed by atoms with E-state index in [1.807, 2.05) is 0 Å². The van der Waals surface area contributed by atoms with Gasteiger partial charge in [-0.2, -0.15) is 0 Å². The van der Waals surface area contributed by atoms with E-state index in [2.05, 4.69) is 40.4 Å². The first-order chi connectivity index (χ1) is 9.25. The molecule has 102 valence electrons. The number of nitrogens with one attached hydrogen (secondary N) is 1. The highest BCUT2D eigenvalue weighted by Crippen LogP contribution is 2.54. The molecule has 3 nitrogen and oxygen atoms in total. The van der Waals surface area contributed by atoms with Gasteiger partial charge in [0.05, 0.1) is 0 Å². The van der Waals surface area contributed by atoms with Crippen LogP contribution in [0.1, 0.15) is 24.0 Å². The summed E-state index contributed by atoms with van der Waals surface area (Å²) in [6, 6.07) is 7.08. The molecular formula is C16H23N3. The standard InChI is InChI=1S/C16H23N3/c1-18-6-8-19(9-7-18)11-13-2-3-15-14(10-13)16(4-5-16)12-17-15/h2-3,10,17H,4-9,11-12H2,1H3. The van der Waals surface area contributed by atoms with E-state index >= 15 is 0 Å². The van der Waals surface area contributed by atoms with Crippen LogP contribution in [-0.4, -0.2) is 49.6 Å². The SMILES string of the molecule is CN1CCN(Cc2ccc3c(c2)C2(CC2)CN3)CC1. The molecular weight excluding hydrogens is 234 g/mol. The average Bonchev–Trinajstić information content (AvgIpc) is 3.12. The highest BCUT2D eigenvalue weighted by atomic mass is 15.2. The summed E-state index contributed by atoms with van der Waals surface area (Å²) in [6.07, 6.45) is 2.76. The minimum Gasteiger partial charge on any atom is -0.384 e. The minimum absolute atomic E-state index is 0.521. The van der Waals surface area contributed by atoms with Gasteiger partial charge in [0, 0.05) is 50.4 Å². The van der Waals surface area contributed by atoms with Crippen LogP contribution >= 0.6 is 0 Å². The van der Waals surface area contributed by atoms with E-state index in [0.29, 0.717) is 5.41 Å². The number of anilines is 1. The topological polar surface area (TPSA) is 18.5 Å². The van der Waals surface area contributed by atoms with Crippen molar-refractivity contribution in [2.45, 2.75) is 24.8 Å². The third-order valence-corrected chi connectivity index (χ3v) is 5.13. The molecule has 2 heterocycles. The average molecular weight is 257 g/mol. The summed E-state index contributed by atoms with van der Waals surface area (Å²) < 4.78 is 0. The van der Waals surface area contributed by atoms with Crippen LogP contribution in [0, 0.1) is 0 Å². The fourth-order valence-corrected chi connectivity index (χ4v) is 3.50. The van der Waals surface area contributed by atoms with Crippen molar-refractivity contribution in [1.29, 1.82) is 0 Å². The van der Waals surface area contributed by atoms with Crippen LogP contribution in [-0.2, 0) is 12.0 Å². The molecule has 19 heavy (non-hydrogen) atoms. The number of rotatable bonds is 2. The Morgan fingerprint density at radius 3 is 2.68 bits per heavy atom. The van der Waals surface area contributed by atoms with Gasteiger partial charge in [-0.3, -0.25) is 4.90 Å². The van der Waals surface area contributed by atoms with Crippen molar-refractivity contribution < 1.29 is 0 Å². The summed E-state index contributed by atoms with van der Waals surface area (Å²) in [4.78, 5) is 5.01. The number of hydrogen-bond donors (Lipinski definition) is 1. The van der Waals surface area contributed by atoms with Gasteiger partial charge in [0.25, 0.3) is 0 Å². The van der Waals surface area contributed by atoms with Crippen molar-refractivity contribution in [3.8, 4) is 0 Å². The maximum absolute atomic E-state index is 3.57. The Hall–Kier alpha value is -1.06. The third-order valence-electron chi connectivity index (χ3n) is 5.13. The van der Waals surface area contributed by atoms with Crippen LogP contribution in [0.2, 0.25) is 0 Å². The van der Waals surface area contributed by atoms with Gasteiger partial charge in [0.1, 0.15) is 0 Å². The second-order valence-corrected chi connectivity index (χ2v) is 6.59. The number of piperazine rings is 1. The van der Waals surface area contributed by atoms with Crippen LogP contribution in [0.15, 0.2) is 18.2 Å². The van der Waals surface area contributed by atoms with Crippen molar-refractivity contribution >= 4 is 5.69 Å².